The summed E-state index contributed by atoms with van der Waals surface area (Å²) in [5.41, 5.74) is 1.80. The lowest BCUT2D eigenvalue weighted by atomic mass is 9.47. The predicted octanol–water partition coefficient (Wildman–Crippen LogP) is 3.75. The van der Waals surface area contributed by atoms with Crippen molar-refractivity contribution in [3.8, 4) is 0 Å². The summed E-state index contributed by atoms with van der Waals surface area (Å²) in [6.45, 7) is 4.83. The van der Waals surface area contributed by atoms with E-state index in [4.69, 9.17) is 8.74 Å². The maximum atomic E-state index is 11.0. The molecule has 2 N–H and O–H groups in total. The van der Waals surface area contributed by atoms with Gasteiger partial charge in [-0.05, 0) is 85.9 Å². The average Bonchev–Trinajstić information content (AvgIpc) is 2.89. The lowest BCUT2D eigenvalue weighted by molar-refractivity contribution is -0.0548. The molecular formula is C20H32O5S. The molecular weight excluding hydrogens is 352 g/mol. The zero-order valence-electron chi connectivity index (χ0n) is 15.9. The number of allylic oxidation sites excluding steroid dienone is 1. The van der Waals surface area contributed by atoms with Gasteiger partial charge >= 0.3 is 10.4 Å². The molecule has 3 saturated carbocycles. The fourth-order valence-corrected chi connectivity index (χ4v) is 7.53. The highest BCUT2D eigenvalue weighted by molar-refractivity contribution is 7.80. The summed E-state index contributed by atoms with van der Waals surface area (Å²) in [7, 11) is -4.36. The minimum atomic E-state index is -4.36. The number of hydrogen-bond acceptors (Lipinski definition) is 4. The van der Waals surface area contributed by atoms with Gasteiger partial charge in [0.25, 0.3) is 0 Å². The van der Waals surface area contributed by atoms with Crippen molar-refractivity contribution in [3.05, 3.63) is 11.6 Å². The highest BCUT2D eigenvalue weighted by Crippen LogP contribution is 2.66. The lowest BCUT2D eigenvalue weighted by Gasteiger charge is -2.58. The van der Waals surface area contributed by atoms with Crippen LogP contribution in [0.15, 0.2) is 11.6 Å². The third-order valence-electron chi connectivity index (χ3n) is 8.69. The van der Waals surface area contributed by atoms with Crippen molar-refractivity contribution in [2.75, 3.05) is 6.61 Å². The van der Waals surface area contributed by atoms with Crippen molar-refractivity contribution < 1.29 is 22.3 Å². The predicted molar refractivity (Wildman–Crippen MR) is 98.7 cm³/mol. The molecule has 26 heavy (non-hydrogen) atoms. The van der Waals surface area contributed by atoms with Gasteiger partial charge < -0.3 is 5.11 Å². The summed E-state index contributed by atoms with van der Waals surface area (Å²) in [6.07, 6.45) is 10.5. The third kappa shape index (κ3) is 2.97. The van der Waals surface area contributed by atoms with Gasteiger partial charge in [-0.25, -0.2) is 4.18 Å². The zero-order valence-corrected chi connectivity index (χ0v) is 16.7. The first-order chi connectivity index (χ1) is 12.1. The first kappa shape index (κ1) is 18.9. The summed E-state index contributed by atoms with van der Waals surface area (Å²) >= 11 is 0. The normalized spacial score (nSPS) is 48.3. The van der Waals surface area contributed by atoms with Gasteiger partial charge in [0.15, 0.2) is 0 Å². The molecule has 6 heteroatoms. The Hall–Kier alpha value is -0.430. The van der Waals surface area contributed by atoms with Crippen molar-refractivity contribution in [1.82, 2.24) is 0 Å². The number of hydrogen-bond donors (Lipinski definition) is 2. The van der Waals surface area contributed by atoms with Crippen LogP contribution in [0, 0.1) is 34.5 Å². The first-order valence-electron chi connectivity index (χ1n) is 10.1. The van der Waals surface area contributed by atoms with Crippen LogP contribution in [-0.4, -0.2) is 30.8 Å². The summed E-state index contributed by atoms with van der Waals surface area (Å²) in [5.74, 6) is 2.11. The maximum Gasteiger partial charge on any atom is 0.397 e. The molecule has 0 aromatic rings. The fraction of sp³-hybridized carbons (Fsp3) is 0.900. The summed E-state index contributed by atoms with van der Waals surface area (Å²) < 4.78 is 35.7. The SMILES string of the molecule is C[C@]12CC[C@H]3[C@@H](CC=C4C[C@@H](O)CC[C@@]43C)[C@@H]1CC[C@@H]2COS(=O)(=O)O. The van der Waals surface area contributed by atoms with Crippen LogP contribution in [0.25, 0.3) is 0 Å². The molecule has 4 aliphatic carbocycles. The molecule has 0 amide bonds. The molecule has 4 aliphatic rings. The van der Waals surface area contributed by atoms with Gasteiger partial charge in [-0.15, -0.1) is 0 Å². The van der Waals surface area contributed by atoms with E-state index in [1.807, 2.05) is 0 Å². The van der Waals surface area contributed by atoms with E-state index in [2.05, 4.69) is 19.9 Å². The molecule has 0 heterocycles. The van der Waals surface area contributed by atoms with Crippen LogP contribution in [-0.2, 0) is 14.6 Å². The molecule has 0 spiro atoms. The monoisotopic (exact) mass is 384 g/mol. The molecule has 0 aromatic carbocycles. The molecule has 0 radical (unpaired) electrons. The van der Waals surface area contributed by atoms with Crippen LogP contribution in [0.5, 0.6) is 0 Å². The van der Waals surface area contributed by atoms with Crippen LogP contribution in [0.3, 0.4) is 0 Å². The Labute approximate surface area is 157 Å². The van der Waals surface area contributed by atoms with E-state index in [-0.39, 0.29) is 29.5 Å². The quantitative estimate of drug-likeness (QED) is 0.572. The fourth-order valence-electron chi connectivity index (χ4n) is 7.19. The number of fused-ring (bicyclic) bond motifs is 5. The summed E-state index contributed by atoms with van der Waals surface area (Å²) in [6, 6.07) is 0. The molecule has 0 saturated heterocycles. The number of rotatable bonds is 3. The van der Waals surface area contributed by atoms with Crippen molar-refractivity contribution >= 4 is 10.4 Å². The van der Waals surface area contributed by atoms with Crippen LogP contribution in [0.2, 0.25) is 0 Å². The van der Waals surface area contributed by atoms with Gasteiger partial charge in [0.05, 0.1) is 12.7 Å². The Morgan fingerprint density at radius 3 is 2.65 bits per heavy atom. The van der Waals surface area contributed by atoms with Crippen LogP contribution >= 0.6 is 0 Å². The minimum absolute atomic E-state index is 0.0989. The standard InChI is InChI=1S/C20H32O5S/c1-19-9-7-15(21)11-13(19)3-5-16-17-6-4-14(12-25-26(22,23)24)20(17,2)10-8-18(16)19/h3,14-18,21H,4-12H2,1-2H3,(H,22,23,24)/t14-,15+,16+,17+,18+,19+,20-/m1/s1. The van der Waals surface area contributed by atoms with Gasteiger partial charge in [0.1, 0.15) is 0 Å². The van der Waals surface area contributed by atoms with Gasteiger partial charge in [0.2, 0.25) is 0 Å². The smallest absolute Gasteiger partial charge is 0.393 e. The highest BCUT2D eigenvalue weighted by Gasteiger charge is 2.58. The molecule has 5 nitrogen and oxygen atoms in total. The molecule has 0 bridgehead atoms. The number of aliphatic hydroxyl groups excluding tert-OH is 1. The molecule has 7 atom stereocenters. The lowest BCUT2D eigenvalue weighted by Crippen LogP contribution is -2.50. The topological polar surface area (TPSA) is 83.8 Å². The average molecular weight is 385 g/mol. The van der Waals surface area contributed by atoms with Gasteiger partial charge in [0, 0.05) is 0 Å². The maximum absolute atomic E-state index is 11.0. The third-order valence-corrected chi connectivity index (χ3v) is 9.13. The van der Waals surface area contributed by atoms with E-state index < -0.39 is 10.4 Å². The van der Waals surface area contributed by atoms with Gasteiger partial charge in [-0.3, -0.25) is 4.55 Å². The van der Waals surface area contributed by atoms with Crippen molar-refractivity contribution in [3.63, 3.8) is 0 Å². The second kappa shape index (κ2) is 6.29. The van der Waals surface area contributed by atoms with E-state index >= 15 is 0 Å². The Kier molecular flexibility index (Phi) is 4.58. The van der Waals surface area contributed by atoms with Crippen LogP contribution in [0.4, 0.5) is 0 Å². The molecule has 0 unspecified atom stereocenters. The van der Waals surface area contributed by atoms with Crippen molar-refractivity contribution in [2.45, 2.75) is 71.3 Å². The summed E-state index contributed by atoms with van der Waals surface area (Å²) in [5, 5.41) is 10.1. The van der Waals surface area contributed by atoms with E-state index in [0.29, 0.717) is 17.8 Å². The Balaban J connectivity index is 1.56. The second-order valence-electron chi connectivity index (χ2n) is 9.69. The Morgan fingerprint density at radius 1 is 1.15 bits per heavy atom. The zero-order chi connectivity index (χ0) is 18.7. The molecule has 0 aromatic heterocycles. The van der Waals surface area contributed by atoms with Gasteiger partial charge in [-0.1, -0.05) is 25.5 Å². The van der Waals surface area contributed by atoms with E-state index in [0.717, 1.165) is 44.9 Å². The molecule has 0 aliphatic heterocycles. The van der Waals surface area contributed by atoms with E-state index in [1.165, 1.54) is 12.0 Å². The molecule has 4 rings (SSSR count). The summed E-state index contributed by atoms with van der Waals surface area (Å²) in [4.78, 5) is 0. The van der Waals surface area contributed by atoms with E-state index in [1.54, 1.807) is 0 Å². The van der Waals surface area contributed by atoms with Crippen LogP contribution < -0.4 is 0 Å². The van der Waals surface area contributed by atoms with Crippen LogP contribution in [0.1, 0.15) is 65.2 Å². The molecule has 148 valence electrons. The minimum Gasteiger partial charge on any atom is -0.393 e. The second-order valence-corrected chi connectivity index (χ2v) is 10.8. The first-order valence-corrected chi connectivity index (χ1v) is 11.5. The van der Waals surface area contributed by atoms with Crippen molar-refractivity contribution in [1.29, 1.82) is 0 Å². The highest BCUT2D eigenvalue weighted by atomic mass is 32.3. The Bertz CT molecular complexity index is 701. The number of aliphatic hydroxyl groups is 1. The van der Waals surface area contributed by atoms with Gasteiger partial charge in [-0.2, -0.15) is 8.42 Å². The van der Waals surface area contributed by atoms with Crippen molar-refractivity contribution in [2.24, 2.45) is 34.5 Å². The Morgan fingerprint density at radius 2 is 1.92 bits per heavy atom. The largest absolute Gasteiger partial charge is 0.397 e. The molecule has 3 fully saturated rings. The van der Waals surface area contributed by atoms with E-state index in [9.17, 15) is 13.5 Å².